The van der Waals surface area contributed by atoms with Crippen molar-refractivity contribution in [2.45, 2.75) is 13.0 Å². The molecule has 0 radical (unpaired) electrons. The van der Waals surface area contributed by atoms with Gasteiger partial charge in [-0.3, -0.25) is 5.10 Å². The lowest BCUT2D eigenvalue weighted by Crippen LogP contribution is -2.39. The minimum atomic E-state index is 0.468. The number of fused-ring (bicyclic) bond motifs is 1. The van der Waals surface area contributed by atoms with Gasteiger partial charge in [0, 0.05) is 6.54 Å². The van der Waals surface area contributed by atoms with Gasteiger partial charge < -0.3 is 10.6 Å². The Hall–Kier alpha value is -1.10. The molecular weight excluding hydrogens is 172 g/mol. The van der Waals surface area contributed by atoms with Gasteiger partial charge >= 0.3 is 0 Å². The lowest BCUT2D eigenvalue weighted by Gasteiger charge is -2.26. The Bertz CT molecular complexity index is 306. The summed E-state index contributed by atoms with van der Waals surface area (Å²) in [5.74, 6) is 0. The fourth-order valence-electron chi connectivity index (χ4n) is 1.40. The van der Waals surface area contributed by atoms with Crippen molar-refractivity contribution in [3.05, 3.63) is 17.5 Å². The molecular formula is C7H10N4S. The summed E-state index contributed by atoms with van der Waals surface area (Å²) in [6.45, 7) is 1.67. The number of aromatic amines is 1. The molecule has 1 aliphatic heterocycles. The summed E-state index contributed by atoms with van der Waals surface area (Å²) < 4.78 is 0. The molecule has 0 bridgehead atoms. The largest absolute Gasteiger partial charge is 0.376 e. The Kier molecular flexibility index (Phi) is 1.73. The van der Waals surface area contributed by atoms with Gasteiger partial charge in [-0.1, -0.05) is 0 Å². The van der Waals surface area contributed by atoms with Crippen molar-refractivity contribution in [1.82, 2.24) is 15.1 Å². The highest BCUT2D eigenvalue weighted by atomic mass is 32.1. The SMILES string of the molecule is NC(=S)N1CCc2cn[nH]c2C1. The van der Waals surface area contributed by atoms with E-state index in [2.05, 4.69) is 10.2 Å². The van der Waals surface area contributed by atoms with Gasteiger partial charge in [-0.05, 0) is 24.2 Å². The zero-order valence-corrected chi connectivity index (χ0v) is 7.40. The second-order valence-corrected chi connectivity index (χ2v) is 3.30. The van der Waals surface area contributed by atoms with E-state index in [0.717, 1.165) is 25.2 Å². The van der Waals surface area contributed by atoms with Gasteiger partial charge in [0.05, 0.1) is 18.4 Å². The Labute approximate surface area is 75.7 Å². The third-order valence-electron chi connectivity index (χ3n) is 2.12. The standard InChI is InChI=1S/C7H10N4S/c8-7(12)11-2-1-5-3-9-10-6(5)4-11/h3H,1-2,4H2,(H2,8,12)(H,9,10). The summed E-state index contributed by atoms with van der Waals surface area (Å²) in [5.41, 5.74) is 7.93. The number of nitrogens with two attached hydrogens (primary N) is 1. The molecule has 0 amide bonds. The predicted octanol–water partition coefficient (Wildman–Crippen LogP) is 0.0114. The first-order valence-corrected chi connectivity index (χ1v) is 4.23. The smallest absolute Gasteiger partial charge is 0.166 e. The minimum absolute atomic E-state index is 0.468. The van der Waals surface area contributed by atoms with Crippen LogP contribution in [-0.4, -0.2) is 26.8 Å². The quantitative estimate of drug-likeness (QED) is 0.555. The predicted molar refractivity (Wildman–Crippen MR) is 49.5 cm³/mol. The summed E-state index contributed by atoms with van der Waals surface area (Å²) in [7, 11) is 0. The van der Waals surface area contributed by atoms with Crippen LogP contribution in [0.4, 0.5) is 0 Å². The third kappa shape index (κ3) is 1.16. The first-order chi connectivity index (χ1) is 5.77. The van der Waals surface area contributed by atoms with E-state index in [1.54, 1.807) is 0 Å². The highest BCUT2D eigenvalue weighted by Gasteiger charge is 2.17. The van der Waals surface area contributed by atoms with Crippen molar-refractivity contribution < 1.29 is 0 Å². The lowest BCUT2D eigenvalue weighted by atomic mass is 10.1. The molecule has 0 aliphatic carbocycles. The molecule has 12 heavy (non-hydrogen) atoms. The highest BCUT2D eigenvalue weighted by molar-refractivity contribution is 7.80. The van der Waals surface area contributed by atoms with Gasteiger partial charge in [0.15, 0.2) is 5.11 Å². The maximum Gasteiger partial charge on any atom is 0.166 e. The maximum absolute atomic E-state index is 5.52. The number of hydrogen-bond acceptors (Lipinski definition) is 2. The zero-order valence-electron chi connectivity index (χ0n) is 6.58. The molecule has 64 valence electrons. The second-order valence-electron chi connectivity index (χ2n) is 2.88. The van der Waals surface area contributed by atoms with E-state index in [-0.39, 0.29) is 0 Å². The van der Waals surface area contributed by atoms with Gasteiger partial charge in [0.2, 0.25) is 0 Å². The summed E-state index contributed by atoms with van der Waals surface area (Å²) >= 11 is 4.89. The first kappa shape index (κ1) is 7.54. The number of aromatic nitrogens is 2. The van der Waals surface area contributed by atoms with E-state index in [4.69, 9.17) is 18.0 Å². The Morgan fingerprint density at radius 1 is 1.75 bits per heavy atom. The third-order valence-corrected chi connectivity index (χ3v) is 2.38. The Balaban J connectivity index is 2.20. The molecule has 1 aromatic rings. The minimum Gasteiger partial charge on any atom is -0.376 e. The van der Waals surface area contributed by atoms with E-state index in [0.29, 0.717) is 5.11 Å². The number of hydrogen-bond donors (Lipinski definition) is 2. The number of H-pyrrole nitrogens is 1. The second kappa shape index (κ2) is 2.75. The van der Waals surface area contributed by atoms with Crippen LogP contribution in [0.5, 0.6) is 0 Å². The molecule has 0 aromatic carbocycles. The Morgan fingerprint density at radius 2 is 2.58 bits per heavy atom. The zero-order chi connectivity index (χ0) is 8.55. The van der Waals surface area contributed by atoms with E-state index in [1.807, 2.05) is 11.1 Å². The first-order valence-electron chi connectivity index (χ1n) is 3.83. The molecule has 3 N–H and O–H groups in total. The Morgan fingerprint density at radius 3 is 3.33 bits per heavy atom. The summed E-state index contributed by atoms with van der Waals surface area (Å²) in [5, 5.41) is 7.37. The van der Waals surface area contributed by atoms with Crippen LogP contribution in [0.2, 0.25) is 0 Å². The fourth-order valence-corrected chi connectivity index (χ4v) is 1.56. The molecule has 0 saturated heterocycles. The summed E-state index contributed by atoms with van der Waals surface area (Å²) in [6, 6.07) is 0. The summed E-state index contributed by atoms with van der Waals surface area (Å²) in [6.07, 6.45) is 2.84. The van der Waals surface area contributed by atoms with Crippen LogP contribution in [0.25, 0.3) is 0 Å². The van der Waals surface area contributed by atoms with Crippen molar-refractivity contribution in [3.8, 4) is 0 Å². The molecule has 2 heterocycles. The van der Waals surface area contributed by atoms with Gasteiger partial charge in [-0.25, -0.2) is 0 Å². The monoisotopic (exact) mass is 182 g/mol. The van der Waals surface area contributed by atoms with Crippen LogP contribution in [0.15, 0.2) is 6.20 Å². The van der Waals surface area contributed by atoms with Gasteiger partial charge in [0.25, 0.3) is 0 Å². The van der Waals surface area contributed by atoms with Crippen LogP contribution in [-0.2, 0) is 13.0 Å². The molecule has 5 heteroatoms. The molecule has 2 rings (SSSR count). The number of nitrogens with one attached hydrogen (secondary N) is 1. The number of thiocarbonyl (C=S) groups is 1. The average molecular weight is 182 g/mol. The van der Waals surface area contributed by atoms with Crippen LogP contribution in [0.1, 0.15) is 11.3 Å². The van der Waals surface area contributed by atoms with Crippen molar-refractivity contribution in [2.75, 3.05) is 6.54 Å². The van der Waals surface area contributed by atoms with E-state index >= 15 is 0 Å². The van der Waals surface area contributed by atoms with Crippen molar-refractivity contribution in [3.63, 3.8) is 0 Å². The number of nitrogens with zero attached hydrogens (tertiary/aromatic N) is 2. The molecule has 4 nitrogen and oxygen atoms in total. The van der Waals surface area contributed by atoms with Crippen molar-refractivity contribution >= 4 is 17.3 Å². The van der Waals surface area contributed by atoms with Crippen LogP contribution in [0.3, 0.4) is 0 Å². The molecule has 1 aliphatic rings. The van der Waals surface area contributed by atoms with Crippen LogP contribution < -0.4 is 5.73 Å². The summed E-state index contributed by atoms with van der Waals surface area (Å²) in [4.78, 5) is 1.97. The van der Waals surface area contributed by atoms with Gasteiger partial charge in [-0.15, -0.1) is 0 Å². The van der Waals surface area contributed by atoms with Crippen molar-refractivity contribution in [1.29, 1.82) is 0 Å². The van der Waals surface area contributed by atoms with Crippen molar-refractivity contribution in [2.24, 2.45) is 5.73 Å². The number of rotatable bonds is 0. The van der Waals surface area contributed by atoms with Gasteiger partial charge in [-0.2, -0.15) is 5.10 Å². The average Bonchev–Trinajstić information content (AvgIpc) is 2.49. The molecule has 0 saturated carbocycles. The molecule has 1 aromatic heterocycles. The van der Waals surface area contributed by atoms with E-state index < -0.39 is 0 Å². The van der Waals surface area contributed by atoms with Crippen LogP contribution >= 0.6 is 12.2 Å². The van der Waals surface area contributed by atoms with E-state index in [1.165, 1.54) is 5.56 Å². The normalized spacial score (nSPS) is 15.8. The van der Waals surface area contributed by atoms with Crippen LogP contribution in [0, 0.1) is 0 Å². The maximum atomic E-state index is 5.52. The molecule has 0 unspecified atom stereocenters. The van der Waals surface area contributed by atoms with Gasteiger partial charge in [0.1, 0.15) is 0 Å². The molecule has 0 atom stereocenters. The molecule has 0 fully saturated rings. The van der Waals surface area contributed by atoms with E-state index in [9.17, 15) is 0 Å². The fraction of sp³-hybridized carbons (Fsp3) is 0.429. The molecule has 0 spiro atoms. The lowest BCUT2D eigenvalue weighted by molar-refractivity contribution is 0.391. The highest BCUT2D eigenvalue weighted by Crippen LogP contribution is 2.14. The topological polar surface area (TPSA) is 57.9 Å².